The predicted molar refractivity (Wildman–Crippen MR) is 155 cm³/mol. The summed E-state index contributed by atoms with van der Waals surface area (Å²) in [6, 6.07) is 3.63. The second-order valence-electron chi connectivity index (χ2n) is 9.05. The van der Waals surface area contributed by atoms with Crippen molar-refractivity contribution in [3.63, 3.8) is 0 Å². The van der Waals surface area contributed by atoms with Gasteiger partial charge in [0.25, 0.3) is 5.91 Å². The van der Waals surface area contributed by atoms with E-state index >= 15 is 0 Å². The predicted octanol–water partition coefficient (Wildman–Crippen LogP) is 6.50. The lowest BCUT2D eigenvalue weighted by atomic mass is 9.98. The average Bonchev–Trinajstić information content (AvgIpc) is 2.85. The molecule has 1 aromatic heterocycles. The summed E-state index contributed by atoms with van der Waals surface area (Å²) in [5.74, 6) is 1.52. The summed E-state index contributed by atoms with van der Waals surface area (Å²) in [4.78, 5) is 26.0. The van der Waals surface area contributed by atoms with Gasteiger partial charge in [-0.25, -0.2) is 4.99 Å². The SMILES string of the molecule is CCCNC(=C/C(C)C)/N=C(/C)CCNC(=O)c1ccnc(CC(/C=C/C=C(Cl)\C=N/CC)CC)c1. The van der Waals surface area contributed by atoms with Crippen molar-refractivity contribution in [2.75, 3.05) is 19.6 Å². The first-order valence-electron chi connectivity index (χ1n) is 13.1. The van der Waals surface area contributed by atoms with E-state index in [9.17, 15) is 4.79 Å². The second-order valence-corrected chi connectivity index (χ2v) is 9.48. The van der Waals surface area contributed by atoms with Gasteiger partial charge in [0, 0.05) is 55.4 Å². The molecule has 1 rings (SSSR count). The molecule has 36 heavy (non-hydrogen) atoms. The Morgan fingerprint density at radius 3 is 2.64 bits per heavy atom. The van der Waals surface area contributed by atoms with Gasteiger partial charge in [0.1, 0.15) is 5.82 Å². The molecule has 0 aliphatic rings. The largest absolute Gasteiger partial charge is 0.370 e. The molecule has 0 saturated heterocycles. The first kappa shape index (κ1) is 31.3. The van der Waals surface area contributed by atoms with Gasteiger partial charge in [-0.15, -0.1) is 0 Å². The topological polar surface area (TPSA) is 78.7 Å². The maximum Gasteiger partial charge on any atom is 0.251 e. The number of nitrogens with one attached hydrogen (secondary N) is 2. The van der Waals surface area contributed by atoms with Crippen LogP contribution in [0.4, 0.5) is 0 Å². The van der Waals surface area contributed by atoms with Crippen LogP contribution in [0.1, 0.15) is 76.9 Å². The van der Waals surface area contributed by atoms with Gasteiger partial charge in [0.2, 0.25) is 0 Å². The Labute approximate surface area is 223 Å². The molecule has 198 valence electrons. The van der Waals surface area contributed by atoms with Crippen LogP contribution in [0, 0.1) is 11.8 Å². The highest BCUT2D eigenvalue weighted by Gasteiger charge is 2.10. The lowest BCUT2D eigenvalue weighted by molar-refractivity contribution is 0.0954. The molecule has 0 aliphatic heterocycles. The number of rotatable bonds is 16. The van der Waals surface area contributed by atoms with Crippen molar-refractivity contribution in [2.24, 2.45) is 21.8 Å². The molecule has 0 aliphatic carbocycles. The van der Waals surface area contributed by atoms with Crippen molar-refractivity contribution in [3.05, 3.63) is 64.7 Å². The number of allylic oxidation sites excluding steroid dienone is 5. The van der Waals surface area contributed by atoms with E-state index in [1.165, 1.54) is 0 Å². The van der Waals surface area contributed by atoms with Gasteiger partial charge in [-0.2, -0.15) is 0 Å². The number of hydrogen-bond acceptors (Lipinski definition) is 5. The van der Waals surface area contributed by atoms with E-state index in [1.807, 2.05) is 32.1 Å². The number of aromatic nitrogens is 1. The molecular weight excluding hydrogens is 470 g/mol. The summed E-state index contributed by atoms with van der Waals surface area (Å²) >= 11 is 6.12. The lowest BCUT2D eigenvalue weighted by Gasteiger charge is -2.11. The molecule has 7 heteroatoms. The van der Waals surface area contributed by atoms with Gasteiger partial charge in [-0.05, 0) is 69.2 Å². The highest BCUT2D eigenvalue weighted by molar-refractivity contribution is 6.39. The van der Waals surface area contributed by atoms with Crippen molar-refractivity contribution in [2.45, 2.75) is 67.2 Å². The summed E-state index contributed by atoms with van der Waals surface area (Å²) in [6.07, 6.45) is 14.9. The molecule has 1 heterocycles. The van der Waals surface area contributed by atoms with Crippen LogP contribution >= 0.6 is 11.6 Å². The fourth-order valence-electron chi connectivity index (χ4n) is 3.30. The van der Waals surface area contributed by atoms with Crippen LogP contribution < -0.4 is 10.6 Å². The zero-order chi connectivity index (χ0) is 26.8. The van der Waals surface area contributed by atoms with Crippen LogP contribution in [0.5, 0.6) is 0 Å². The Kier molecular flexibility index (Phi) is 16.1. The standard InChI is InChI=1S/C29H44ClN5O/c1-7-15-33-28(18-22(4)5)35-23(6)13-16-34-29(36)25-14-17-32-27(20-25)19-24(8-2)11-10-12-26(30)21-31-9-3/h10-12,14,17-18,20-22,24,33H,7-9,13,15-16,19H2,1-6H3,(H,34,36)/b11-10+,26-12+,28-18-,31-21-,35-23-. The third kappa shape index (κ3) is 14.0. The summed E-state index contributed by atoms with van der Waals surface area (Å²) in [5.41, 5.74) is 2.50. The Bertz CT molecular complexity index is 947. The molecule has 1 unspecified atom stereocenters. The molecule has 1 atom stereocenters. The molecule has 1 amide bonds. The quantitative estimate of drug-likeness (QED) is 0.195. The number of pyridine rings is 1. The van der Waals surface area contributed by atoms with Crippen molar-refractivity contribution in [3.8, 4) is 0 Å². The number of amides is 1. The highest BCUT2D eigenvalue weighted by Crippen LogP contribution is 2.14. The molecule has 0 radical (unpaired) electrons. The molecule has 0 spiro atoms. The van der Waals surface area contributed by atoms with Crippen LogP contribution in [-0.2, 0) is 6.42 Å². The number of halogens is 1. The number of carbonyl (C=O) groups excluding carboxylic acids is 1. The fourth-order valence-corrected chi connectivity index (χ4v) is 3.44. The van der Waals surface area contributed by atoms with E-state index in [0.717, 1.165) is 43.0 Å². The molecule has 0 fully saturated rings. The summed E-state index contributed by atoms with van der Waals surface area (Å²) < 4.78 is 0. The van der Waals surface area contributed by atoms with Gasteiger partial charge in [-0.1, -0.05) is 51.4 Å². The van der Waals surface area contributed by atoms with E-state index in [2.05, 4.69) is 60.5 Å². The van der Waals surface area contributed by atoms with Gasteiger partial charge in [0.15, 0.2) is 0 Å². The minimum atomic E-state index is -0.0954. The second kappa shape index (κ2) is 18.5. The zero-order valence-electron chi connectivity index (χ0n) is 22.9. The summed E-state index contributed by atoms with van der Waals surface area (Å²) in [6.45, 7) is 14.6. The maximum absolute atomic E-state index is 12.7. The van der Waals surface area contributed by atoms with Gasteiger partial charge >= 0.3 is 0 Å². The molecule has 6 nitrogen and oxygen atoms in total. The van der Waals surface area contributed by atoms with E-state index in [1.54, 1.807) is 18.5 Å². The Hall–Kier alpha value is -2.73. The van der Waals surface area contributed by atoms with E-state index < -0.39 is 0 Å². The monoisotopic (exact) mass is 513 g/mol. The maximum atomic E-state index is 12.7. The zero-order valence-corrected chi connectivity index (χ0v) is 23.6. The van der Waals surface area contributed by atoms with E-state index in [0.29, 0.717) is 41.9 Å². The Balaban J connectivity index is 2.69. The summed E-state index contributed by atoms with van der Waals surface area (Å²) in [7, 11) is 0. The summed E-state index contributed by atoms with van der Waals surface area (Å²) in [5, 5.41) is 6.98. The smallest absolute Gasteiger partial charge is 0.251 e. The molecule has 0 bridgehead atoms. The van der Waals surface area contributed by atoms with Crippen molar-refractivity contribution >= 4 is 29.4 Å². The highest BCUT2D eigenvalue weighted by atomic mass is 35.5. The van der Waals surface area contributed by atoms with Gasteiger partial charge < -0.3 is 10.6 Å². The first-order chi connectivity index (χ1) is 17.3. The first-order valence-corrected chi connectivity index (χ1v) is 13.4. The van der Waals surface area contributed by atoms with Crippen LogP contribution in [0.3, 0.4) is 0 Å². The van der Waals surface area contributed by atoms with Gasteiger partial charge in [0.05, 0.1) is 5.03 Å². The van der Waals surface area contributed by atoms with E-state index in [-0.39, 0.29) is 5.91 Å². The van der Waals surface area contributed by atoms with Crippen molar-refractivity contribution in [1.82, 2.24) is 15.6 Å². The van der Waals surface area contributed by atoms with Crippen LogP contribution in [0.25, 0.3) is 0 Å². The molecular formula is C29H44ClN5O. The minimum Gasteiger partial charge on any atom is -0.370 e. The lowest BCUT2D eigenvalue weighted by Crippen LogP contribution is -2.26. The number of nitrogens with zero attached hydrogens (tertiary/aromatic N) is 3. The van der Waals surface area contributed by atoms with Crippen LogP contribution in [0.2, 0.25) is 0 Å². The molecule has 2 N–H and O–H groups in total. The third-order valence-corrected chi connectivity index (χ3v) is 5.46. The number of carbonyl (C=O) groups is 1. The fraction of sp³-hybridized carbons (Fsp3) is 0.517. The molecule has 0 aromatic carbocycles. The molecule has 0 saturated carbocycles. The van der Waals surface area contributed by atoms with Gasteiger partial charge in [-0.3, -0.25) is 14.8 Å². The number of hydrogen-bond donors (Lipinski definition) is 2. The Morgan fingerprint density at radius 1 is 1.19 bits per heavy atom. The van der Waals surface area contributed by atoms with Crippen LogP contribution in [0.15, 0.2) is 63.5 Å². The van der Waals surface area contributed by atoms with Crippen molar-refractivity contribution < 1.29 is 4.79 Å². The molecule has 1 aromatic rings. The minimum absolute atomic E-state index is 0.0954. The van der Waals surface area contributed by atoms with Crippen molar-refractivity contribution in [1.29, 1.82) is 0 Å². The van der Waals surface area contributed by atoms with E-state index in [4.69, 9.17) is 16.6 Å². The third-order valence-electron chi connectivity index (χ3n) is 5.24. The Morgan fingerprint density at radius 2 is 1.97 bits per heavy atom. The normalized spacial score (nSPS) is 14.2. The number of aliphatic imine (C=N–C) groups is 2. The average molecular weight is 514 g/mol. The van der Waals surface area contributed by atoms with Crippen LogP contribution in [-0.4, -0.2) is 42.5 Å².